The van der Waals surface area contributed by atoms with Crippen molar-refractivity contribution in [2.24, 2.45) is 11.3 Å². The highest BCUT2D eigenvalue weighted by molar-refractivity contribution is 5.91. The van der Waals surface area contributed by atoms with Crippen molar-refractivity contribution < 1.29 is 73.8 Å². The predicted molar refractivity (Wildman–Crippen MR) is 143 cm³/mol. The van der Waals surface area contributed by atoms with Gasteiger partial charge in [0.15, 0.2) is 35.6 Å². The molecule has 0 radical (unpaired) electrons. The first-order valence-corrected chi connectivity index (χ1v) is 14.3. The Morgan fingerprint density at radius 3 is 2.27 bits per heavy atom. The van der Waals surface area contributed by atoms with Crippen LogP contribution < -0.4 is 0 Å². The van der Waals surface area contributed by atoms with Crippen LogP contribution in [0.15, 0.2) is 42.5 Å². The number of phenols is 3. The Bertz CT molecular complexity index is 1510. The molecule has 6 bridgehead atoms. The molecule has 15 heteroatoms. The first-order valence-electron chi connectivity index (χ1n) is 14.3. The molecule has 45 heavy (non-hydrogen) atoms. The summed E-state index contributed by atoms with van der Waals surface area (Å²) in [7, 11) is 0. The van der Waals surface area contributed by atoms with E-state index in [-0.39, 0.29) is 25.0 Å². The minimum atomic E-state index is -1.81. The number of carbonyl (C=O) groups is 2. The molecule has 2 aromatic carbocycles. The zero-order valence-corrected chi connectivity index (χ0v) is 23.8. The summed E-state index contributed by atoms with van der Waals surface area (Å²) in [5.74, 6) is -6.19. The van der Waals surface area contributed by atoms with E-state index in [1.165, 1.54) is 0 Å². The summed E-state index contributed by atoms with van der Waals surface area (Å²) in [6.45, 7) is 0.780. The van der Waals surface area contributed by atoms with Crippen molar-refractivity contribution in [3.05, 3.63) is 53.6 Å². The SMILES string of the molecule is CC12CC3(O)O[C@@H](O1)C1(COC(=O)c4ccccc4)C3CC21OC1OC(COC(=O)c2cc(O)c(O)c(O)c2)C(O)C(O)C1O. The monoisotopic (exact) mass is 632 g/mol. The zero-order chi connectivity index (χ0) is 32.1. The van der Waals surface area contributed by atoms with E-state index in [1.54, 1.807) is 37.3 Å². The van der Waals surface area contributed by atoms with Crippen molar-refractivity contribution >= 4 is 11.9 Å². The zero-order valence-electron chi connectivity index (χ0n) is 23.8. The molecule has 4 saturated heterocycles. The number of benzene rings is 2. The van der Waals surface area contributed by atoms with Gasteiger partial charge in [-0.3, -0.25) is 0 Å². The summed E-state index contributed by atoms with van der Waals surface area (Å²) in [6.07, 6.45) is -9.21. The molecule has 0 aromatic heterocycles. The van der Waals surface area contributed by atoms with Gasteiger partial charge in [0.2, 0.25) is 0 Å². The van der Waals surface area contributed by atoms with Crippen molar-refractivity contribution in [3.8, 4) is 17.2 Å². The number of aromatic hydroxyl groups is 3. The average Bonchev–Trinajstić information content (AvgIpc) is 3.20. The Kier molecular flexibility index (Phi) is 6.68. The van der Waals surface area contributed by atoms with Gasteiger partial charge in [0.25, 0.3) is 0 Å². The number of hydrogen-bond donors (Lipinski definition) is 7. The fourth-order valence-corrected chi connectivity index (χ4v) is 7.82. The molecule has 2 aromatic rings. The molecular weight excluding hydrogens is 600 g/mol. The van der Waals surface area contributed by atoms with E-state index in [4.69, 9.17) is 28.4 Å². The van der Waals surface area contributed by atoms with Gasteiger partial charge < -0.3 is 64.2 Å². The summed E-state index contributed by atoms with van der Waals surface area (Å²) in [6, 6.07) is 10.0. The Hall–Kier alpha value is -3.54. The minimum absolute atomic E-state index is 0.00307. The highest BCUT2D eigenvalue weighted by atomic mass is 16.8. The van der Waals surface area contributed by atoms with Crippen LogP contribution in [0.4, 0.5) is 0 Å². The van der Waals surface area contributed by atoms with Crippen LogP contribution in [0.1, 0.15) is 40.5 Å². The molecule has 3 saturated carbocycles. The second-order valence-corrected chi connectivity index (χ2v) is 12.5. The van der Waals surface area contributed by atoms with Crippen molar-refractivity contribution in [1.82, 2.24) is 0 Å². The molecule has 15 nitrogen and oxygen atoms in total. The number of esters is 2. The van der Waals surface area contributed by atoms with Gasteiger partial charge in [0.1, 0.15) is 48.8 Å². The Balaban J connectivity index is 1.11. The Labute approximate surface area is 255 Å². The Morgan fingerprint density at radius 2 is 1.58 bits per heavy atom. The quantitative estimate of drug-likeness (QED) is 0.145. The van der Waals surface area contributed by atoms with Gasteiger partial charge in [0.05, 0.1) is 16.5 Å². The fraction of sp³-hybridized carbons (Fsp3) is 0.533. The third-order valence-corrected chi connectivity index (χ3v) is 10.1. The first-order chi connectivity index (χ1) is 21.3. The maximum atomic E-state index is 12.9. The first kappa shape index (κ1) is 30.1. The summed E-state index contributed by atoms with van der Waals surface area (Å²) in [5, 5.41) is 72.6. The number of rotatable bonds is 8. The third kappa shape index (κ3) is 4.06. The van der Waals surface area contributed by atoms with Gasteiger partial charge in [0, 0.05) is 12.3 Å². The Morgan fingerprint density at radius 1 is 0.911 bits per heavy atom. The molecule has 0 amide bonds. The molecule has 3 aliphatic carbocycles. The maximum Gasteiger partial charge on any atom is 0.338 e. The highest BCUT2D eigenvalue weighted by Crippen LogP contribution is 2.81. The van der Waals surface area contributed by atoms with E-state index in [0.717, 1.165) is 12.1 Å². The summed E-state index contributed by atoms with van der Waals surface area (Å²) < 4.78 is 35.3. The van der Waals surface area contributed by atoms with Gasteiger partial charge in [-0.15, -0.1) is 0 Å². The van der Waals surface area contributed by atoms with Gasteiger partial charge in [-0.1, -0.05) is 18.2 Å². The molecule has 7 N–H and O–H groups in total. The van der Waals surface area contributed by atoms with E-state index in [9.17, 15) is 45.3 Å². The number of aliphatic hydroxyl groups is 4. The topological polar surface area (TPSA) is 231 Å². The number of hydrogen-bond acceptors (Lipinski definition) is 15. The van der Waals surface area contributed by atoms with Gasteiger partial charge in [-0.05, 0) is 37.6 Å². The van der Waals surface area contributed by atoms with Gasteiger partial charge in [-0.2, -0.15) is 0 Å². The lowest BCUT2D eigenvalue weighted by Gasteiger charge is -2.67. The van der Waals surface area contributed by atoms with E-state index >= 15 is 0 Å². The predicted octanol–water partition coefficient (Wildman–Crippen LogP) is -0.376. The summed E-state index contributed by atoms with van der Waals surface area (Å²) in [4.78, 5) is 25.5. The molecule has 11 atom stereocenters. The number of ether oxygens (including phenoxy) is 6. The molecule has 9 rings (SSSR count). The molecule has 4 aliphatic heterocycles. The largest absolute Gasteiger partial charge is 0.504 e. The van der Waals surface area contributed by atoms with E-state index in [0.29, 0.717) is 5.56 Å². The van der Waals surface area contributed by atoms with Crippen LogP contribution in [0, 0.1) is 11.3 Å². The van der Waals surface area contributed by atoms with Crippen molar-refractivity contribution in [2.75, 3.05) is 13.2 Å². The molecule has 7 fully saturated rings. The molecule has 7 aliphatic rings. The lowest BCUT2D eigenvalue weighted by Crippen LogP contribution is -2.80. The minimum Gasteiger partial charge on any atom is -0.504 e. The maximum absolute atomic E-state index is 12.9. The van der Waals surface area contributed by atoms with Crippen molar-refractivity contribution in [2.45, 2.75) is 73.8 Å². The smallest absolute Gasteiger partial charge is 0.338 e. The number of aliphatic hydroxyl groups excluding tert-OH is 3. The second kappa shape index (κ2) is 9.98. The van der Waals surface area contributed by atoms with E-state index < -0.39 is 101 Å². The average molecular weight is 633 g/mol. The van der Waals surface area contributed by atoms with Crippen LogP contribution in [0.2, 0.25) is 0 Å². The normalized spacial score (nSPS) is 42.3. The lowest BCUT2D eigenvalue weighted by atomic mass is 9.41. The molecule has 242 valence electrons. The van der Waals surface area contributed by atoms with Gasteiger partial charge >= 0.3 is 11.9 Å². The lowest BCUT2D eigenvalue weighted by molar-refractivity contribution is -0.424. The van der Waals surface area contributed by atoms with Crippen LogP contribution >= 0.6 is 0 Å². The van der Waals surface area contributed by atoms with Gasteiger partial charge in [-0.25, -0.2) is 9.59 Å². The molecule has 0 spiro atoms. The van der Waals surface area contributed by atoms with Crippen LogP contribution in [-0.2, 0) is 28.4 Å². The van der Waals surface area contributed by atoms with E-state index in [2.05, 4.69) is 0 Å². The van der Waals surface area contributed by atoms with Crippen LogP contribution in [0.3, 0.4) is 0 Å². The molecule has 10 unspecified atom stereocenters. The molecule has 4 heterocycles. The van der Waals surface area contributed by atoms with E-state index in [1.807, 2.05) is 0 Å². The van der Waals surface area contributed by atoms with Crippen molar-refractivity contribution in [3.63, 3.8) is 0 Å². The van der Waals surface area contributed by atoms with Crippen LogP contribution in [-0.4, -0.2) is 115 Å². The standard InChI is InChI=1S/C30H32O15/c1-27-11-29(39)18-9-30(27,28(18,26(44-27)45-29)12-41-23(37)13-5-3-2-4-6-13)43-25-22(36)21(35)20(34)17(42-25)10-40-24(38)14-7-15(31)19(33)16(32)8-14/h2-8,17-18,20-22,25-26,31-36,39H,9-12H2,1H3/t17?,18?,20?,21?,22?,25?,26-,27?,28?,29?,30?/m1/s1. The second-order valence-electron chi connectivity index (χ2n) is 12.5. The highest BCUT2D eigenvalue weighted by Gasteiger charge is 2.94. The fourth-order valence-electron chi connectivity index (χ4n) is 7.82. The summed E-state index contributed by atoms with van der Waals surface area (Å²) >= 11 is 0. The number of phenolic OH excluding ortho intramolecular Hbond substituents is 3. The number of carbonyl (C=O) groups excluding carboxylic acids is 2. The van der Waals surface area contributed by atoms with Crippen molar-refractivity contribution in [1.29, 1.82) is 0 Å². The third-order valence-electron chi connectivity index (χ3n) is 10.1. The molecular formula is C30H32O15. The van der Waals surface area contributed by atoms with Crippen LogP contribution in [0.25, 0.3) is 0 Å². The van der Waals surface area contributed by atoms with Crippen LogP contribution in [0.5, 0.6) is 17.2 Å². The summed E-state index contributed by atoms with van der Waals surface area (Å²) in [5.41, 5.74) is -3.78.